The Morgan fingerprint density at radius 3 is 2.26 bits per heavy atom. The first-order valence-corrected chi connectivity index (χ1v) is 8.38. The molecule has 2 aromatic carbocycles. The van der Waals surface area contributed by atoms with E-state index in [2.05, 4.69) is 48.6 Å². The van der Waals surface area contributed by atoms with E-state index in [1.165, 1.54) is 17.5 Å². The highest BCUT2D eigenvalue weighted by atomic mass is 14.9. The minimum atomic E-state index is 0.649. The van der Waals surface area contributed by atoms with Gasteiger partial charge in [0.2, 0.25) is 0 Å². The molecule has 1 saturated heterocycles. The third-order valence-corrected chi connectivity index (χ3v) is 5.32. The van der Waals surface area contributed by atoms with Gasteiger partial charge in [-0.15, -0.1) is 0 Å². The van der Waals surface area contributed by atoms with Crippen molar-refractivity contribution in [3.8, 4) is 11.3 Å². The van der Waals surface area contributed by atoms with Gasteiger partial charge in [-0.05, 0) is 48.4 Å². The normalized spacial score (nSPS) is 22.3. The highest BCUT2D eigenvalue weighted by molar-refractivity contribution is 5.81. The van der Waals surface area contributed by atoms with Crippen LogP contribution in [0.2, 0.25) is 0 Å². The standard InChI is InChI=1S/C20H19N3/c1-12-20(13-5-3-2-4-6-13)23-19-9-17-15-7-14(10-21-11-15)16(17)8-18(19)22-12/h2-6,8-9,14-15,21H,7,10-11H2,1H3. The Balaban J connectivity index is 1.72. The average Bonchev–Trinajstić information content (AvgIpc) is 2.83. The van der Waals surface area contributed by atoms with E-state index in [1.807, 2.05) is 6.07 Å². The van der Waals surface area contributed by atoms with Crippen LogP contribution in [0.5, 0.6) is 0 Å². The Bertz CT molecular complexity index is 902. The van der Waals surface area contributed by atoms with Gasteiger partial charge < -0.3 is 5.32 Å². The number of benzene rings is 2. The summed E-state index contributed by atoms with van der Waals surface area (Å²) in [5.41, 5.74) is 8.19. The largest absolute Gasteiger partial charge is 0.316 e. The summed E-state index contributed by atoms with van der Waals surface area (Å²) in [7, 11) is 0. The molecule has 1 fully saturated rings. The van der Waals surface area contributed by atoms with Crippen molar-refractivity contribution in [2.45, 2.75) is 25.2 Å². The molecule has 2 atom stereocenters. The lowest BCUT2D eigenvalue weighted by atomic mass is 9.98. The maximum absolute atomic E-state index is 4.95. The van der Waals surface area contributed by atoms with E-state index >= 15 is 0 Å². The smallest absolute Gasteiger partial charge is 0.0922 e. The Morgan fingerprint density at radius 1 is 0.913 bits per heavy atom. The summed E-state index contributed by atoms with van der Waals surface area (Å²) in [5, 5.41) is 3.56. The monoisotopic (exact) mass is 301 g/mol. The molecular formula is C20H19N3. The zero-order valence-corrected chi connectivity index (χ0v) is 13.2. The van der Waals surface area contributed by atoms with Crippen LogP contribution in [0.25, 0.3) is 22.3 Å². The summed E-state index contributed by atoms with van der Waals surface area (Å²) in [6, 6.07) is 14.9. The van der Waals surface area contributed by atoms with Gasteiger partial charge in [-0.3, -0.25) is 0 Å². The van der Waals surface area contributed by atoms with E-state index in [0.29, 0.717) is 11.8 Å². The molecule has 114 valence electrons. The number of rotatable bonds is 1. The van der Waals surface area contributed by atoms with Gasteiger partial charge in [0.1, 0.15) is 0 Å². The van der Waals surface area contributed by atoms with Gasteiger partial charge in [0, 0.05) is 18.7 Å². The number of aryl methyl sites for hydroxylation is 1. The lowest BCUT2D eigenvalue weighted by molar-refractivity contribution is 0.454. The van der Waals surface area contributed by atoms with Crippen molar-refractivity contribution in [2.75, 3.05) is 13.1 Å². The molecule has 0 spiro atoms. The van der Waals surface area contributed by atoms with Crippen LogP contribution in [0.15, 0.2) is 42.5 Å². The molecule has 1 N–H and O–H groups in total. The van der Waals surface area contributed by atoms with Crippen LogP contribution in [0.1, 0.15) is 35.1 Å². The van der Waals surface area contributed by atoms with Crippen LogP contribution in [0, 0.1) is 6.92 Å². The Morgan fingerprint density at radius 2 is 1.57 bits per heavy atom. The highest BCUT2D eigenvalue weighted by Gasteiger charge is 2.34. The minimum absolute atomic E-state index is 0.649. The third-order valence-electron chi connectivity index (χ3n) is 5.32. The van der Waals surface area contributed by atoms with Crippen molar-refractivity contribution < 1.29 is 0 Å². The lowest BCUT2D eigenvalue weighted by Gasteiger charge is -2.19. The van der Waals surface area contributed by atoms with E-state index in [4.69, 9.17) is 9.97 Å². The minimum Gasteiger partial charge on any atom is -0.316 e. The van der Waals surface area contributed by atoms with Crippen molar-refractivity contribution in [2.24, 2.45) is 0 Å². The van der Waals surface area contributed by atoms with E-state index in [-0.39, 0.29) is 0 Å². The second kappa shape index (κ2) is 4.87. The molecule has 2 unspecified atom stereocenters. The molecule has 5 rings (SSSR count). The fourth-order valence-electron chi connectivity index (χ4n) is 4.22. The Hall–Kier alpha value is -2.26. The summed E-state index contributed by atoms with van der Waals surface area (Å²) in [6.07, 6.45) is 1.28. The number of nitrogens with one attached hydrogen (secondary N) is 1. The van der Waals surface area contributed by atoms with Crippen LogP contribution < -0.4 is 5.32 Å². The van der Waals surface area contributed by atoms with Gasteiger partial charge in [0.05, 0.1) is 22.4 Å². The zero-order valence-electron chi connectivity index (χ0n) is 13.2. The van der Waals surface area contributed by atoms with Crippen molar-refractivity contribution in [1.82, 2.24) is 15.3 Å². The topological polar surface area (TPSA) is 37.8 Å². The molecule has 2 bridgehead atoms. The maximum atomic E-state index is 4.95. The van der Waals surface area contributed by atoms with Gasteiger partial charge >= 0.3 is 0 Å². The first-order chi connectivity index (χ1) is 11.3. The molecule has 3 nitrogen and oxygen atoms in total. The van der Waals surface area contributed by atoms with E-state index in [0.717, 1.165) is 41.1 Å². The fourth-order valence-corrected chi connectivity index (χ4v) is 4.22. The SMILES string of the molecule is Cc1nc2cc3c(cc2nc1-c1ccccc1)C1CNCC3C1. The van der Waals surface area contributed by atoms with E-state index < -0.39 is 0 Å². The average molecular weight is 301 g/mol. The summed E-state index contributed by atoms with van der Waals surface area (Å²) in [4.78, 5) is 9.81. The summed E-state index contributed by atoms with van der Waals surface area (Å²) >= 11 is 0. The first-order valence-electron chi connectivity index (χ1n) is 8.38. The summed E-state index contributed by atoms with van der Waals surface area (Å²) in [5.74, 6) is 1.31. The number of aromatic nitrogens is 2. The van der Waals surface area contributed by atoms with Crippen LogP contribution >= 0.6 is 0 Å². The number of piperidine rings is 1. The van der Waals surface area contributed by atoms with E-state index in [1.54, 1.807) is 0 Å². The quantitative estimate of drug-likeness (QED) is 0.743. The third kappa shape index (κ3) is 2.00. The molecular weight excluding hydrogens is 282 g/mol. The van der Waals surface area contributed by atoms with Gasteiger partial charge in [-0.25, -0.2) is 9.97 Å². The molecule has 3 aromatic rings. The molecule has 0 amide bonds. The molecule has 3 heteroatoms. The molecule has 0 radical (unpaired) electrons. The molecule has 23 heavy (non-hydrogen) atoms. The van der Waals surface area contributed by atoms with Crippen molar-refractivity contribution in [3.63, 3.8) is 0 Å². The number of nitrogens with zero attached hydrogens (tertiary/aromatic N) is 2. The Labute approximate surface area is 135 Å². The highest BCUT2D eigenvalue weighted by Crippen LogP contribution is 2.44. The van der Waals surface area contributed by atoms with Crippen molar-refractivity contribution in [1.29, 1.82) is 0 Å². The van der Waals surface area contributed by atoms with E-state index in [9.17, 15) is 0 Å². The zero-order chi connectivity index (χ0) is 15.4. The lowest BCUT2D eigenvalue weighted by Crippen LogP contribution is -2.28. The molecule has 1 aromatic heterocycles. The molecule has 2 aliphatic rings. The van der Waals surface area contributed by atoms with Gasteiger partial charge in [-0.1, -0.05) is 30.3 Å². The second-order valence-corrected chi connectivity index (χ2v) is 6.78. The molecule has 1 aliphatic heterocycles. The number of hydrogen-bond acceptors (Lipinski definition) is 3. The van der Waals surface area contributed by atoms with Crippen LogP contribution in [-0.2, 0) is 0 Å². The van der Waals surface area contributed by atoms with Gasteiger partial charge in [0.15, 0.2) is 0 Å². The second-order valence-electron chi connectivity index (χ2n) is 6.78. The predicted octanol–water partition coefficient (Wildman–Crippen LogP) is 3.78. The van der Waals surface area contributed by atoms with Crippen LogP contribution in [-0.4, -0.2) is 23.1 Å². The number of hydrogen-bond donors (Lipinski definition) is 1. The molecule has 1 aliphatic carbocycles. The van der Waals surface area contributed by atoms with Crippen molar-refractivity contribution in [3.05, 3.63) is 59.3 Å². The molecule has 0 saturated carbocycles. The summed E-state index contributed by atoms with van der Waals surface area (Å²) < 4.78 is 0. The van der Waals surface area contributed by atoms with Crippen molar-refractivity contribution >= 4 is 11.0 Å². The van der Waals surface area contributed by atoms with Gasteiger partial charge in [0.25, 0.3) is 0 Å². The van der Waals surface area contributed by atoms with Gasteiger partial charge in [-0.2, -0.15) is 0 Å². The fraction of sp³-hybridized carbons (Fsp3) is 0.300. The van der Waals surface area contributed by atoms with Crippen LogP contribution in [0.3, 0.4) is 0 Å². The van der Waals surface area contributed by atoms with Crippen LogP contribution in [0.4, 0.5) is 0 Å². The first kappa shape index (κ1) is 13.2. The number of fused-ring (bicyclic) bond motifs is 6. The maximum Gasteiger partial charge on any atom is 0.0922 e. The summed E-state index contributed by atoms with van der Waals surface area (Å²) in [6.45, 7) is 4.26. The predicted molar refractivity (Wildman–Crippen MR) is 92.7 cm³/mol. The molecule has 2 heterocycles. The Kier molecular flexibility index (Phi) is 2.79.